The van der Waals surface area contributed by atoms with Crippen LogP contribution in [0.15, 0.2) is 60.9 Å². The van der Waals surface area contributed by atoms with E-state index >= 15 is 0 Å². The van der Waals surface area contributed by atoms with Crippen LogP contribution in [0.25, 0.3) is 28.1 Å². The van der Waals surface area contributed by atoms with Crippen LogP contribution in [0, 0.1) is 0 Å². The first kappa shape index (κ1) is 17.7. The summed E-state index contributed by atoms with van der Waals surface area (Å²) in [6.45, 7) is 1.46. The lowest BCUT2D eigenvalue weighted by atomic mass is 9.92. The topological polar surface area (TPSA) is 31.9 Å². The van der Waals surface area contributed by atoms with E-state index in [1.165, 1.54) is 5.57 Å². The molecule has 0 saturated carbocycles. The van der Waals surface area contributed by atoms with Gasteiger partial charge < -0.3 is 4.98 Å². The molecule has 5 rings (SSSR count). The molecule has 0 spiro atoms. The summed E-state index contributed by atoms with van der Waals surface area (Å²) in [5.41, 5.74) is 6.46. The van der Waals surface area contributed by atoms with Gasteiger partial charge in [0.15, 0.2) is 0 Å². The van der Waals surface area contributed by atoms with Gasteiger partial charge in [-0.3, -0.25) is 9.88 Å². The van der Waals surface area contributed by atoms with Crippen molar-refractivity contribution in [2.75, 3.05) is 13.1 Å². The third-order valence-corrected chi connectivity index (χ3v) is 5.96. The van der Waals surface area contributed by atoms with Gasteiger partial charge in [-0.1, -0.05) is 35.9 Å². The summed E-state index contributed by atoms with van der Waals surface area (Å²) in [6.07, 6.45) is 6.91. The Labute approximate surface area is 168 Å². The van der Waals surface area contributed by atoms with E-state index in [0.29, 0.717) is 18.0 Å². The Bertz CT molecular complexity index is 1030. The Hall–Kier alpha value is -2.43. The van der Waals surface area contributed by atoms with Gasteiger partial charge in [-0.15, -0.1) is 0 Å². The summed E-state index contributed by atoms with van der Waals surface area (Å²) in [5.74, 6) is 0. The fourth-order valence-electron chi connectivity index (χ4n) is 4.44. The molecule has 28 heavy (non-hydrogen) atoms. The molecule has 2 unspecified atom stereocenters. The molecule has 3 aromatic rings. The van der Waals surface area contributed by atoms with Crippen molar-refractivity contribution >= 4 is 17.2 Å². The zero-order chi connectivity index (χ0) is 19.1. The smallest absolute Gasteiger partial charge is 0.115 e. The minimum atomic E-state index is -0.718. The predicted octanol–water partition coefficient (Wildman–Crippen LogP) is 5.60. The van der Waals surface area contributed by atoms with Crippen molar-refractivity contribution in [3.63, 3.8) is 0 Å². The molecule has 2 atom stereocenters. The molecular formula is C23H21ClFN3. The lowest BCUT2D eigenvalue weighted by molar-refractivity contribution is 0.266. The monoisotopic (exact) mass is 393 g/mol. The van der Waals surface area contributed by atoms with Crippen LogP contribution in [-0.2, 0) is 0 Å². The first-order chi connectivity index (χ1) is 13.7. The molecule has 1 saturated heterocycles. The molecule has 4 heterocycles. The van der Waals surface area contributed by atoms with Crippen LogP contribution in [0.2, 0.25) is 5.02 Å². The highest BCUT2D eigenvalue weighted by molar-refractivity contribution is 6.30. The van der Waals surface area contributed by atoms with E-state index in [1.807, 2.05) is 42.6 Å². The molecule has 142 valence electrons. The number of alkyl halides is 1. The molecule has 0 amide bonds. The minimum Gasteiger partial charge on any atom is -0.360 e. The van der Waals surface area contributed by atoms with Gasteiger partial charge in [0.05, 0.1) is 11.4 Å². The highest BCUT2D eigenvalue weighted by atomic mass is 35.5. The van der Waals surface area contributed by atoms with Crippen LogP contribution in [0.5, 0.6) is 0 Å². The number of aromatic amines is 1. The number of H-pyrrole nitrogens is 1. The number of benzene rings is 1. The van der Waals surface area contributed by atoms with Crippen LogP contribution in [-0.4, -0.2) is 40.2 Å². The maximum absolute atomic E-state index is 13.9. The van der Waals surface area contributed by atoms with Gasteiger partial charge in [0, 0.05) is 53.2 Å². The average Bonchev–Trinajstić information content (AvgIpc) is 3.30. The molecule has 2 aliphatic heterocycles. The van der Waals surface area contributed by atoms with E-state index in [4.69, 9.17) is 11.6 Å². The predicted molar refractivity (Wildman–Crippen MR) is 112 cm³/mol. The normalized spacial score (nSPS) is 22.1. The van der Waals surface area contributed by atoms with Gasteiger partial charge in [0.25, 0.3) is 0 Å². The Morgan fingerprint density at radius 1 is 1.18 bits per heavy atom. The second-order valence-corrected chi connectivity index (χ2v) is 7.95. The van der Waals surface area contributed by atoms with Gasteiger partial charge in [-0.2, -0.15) is 0 Å². The summed E-state index contributed by atoms with van der Waals surface area (Å²) in [6, 6.07) is 14.0. The first-order valence-corrected chi connectivity index (χ1v) is 10.0. The van der Waals surface area contributed by atoms with E-state index in [2.05, 4.69) is 33.2 Å². The minimum absolute atomic E-state index is 0.194. The quantitative estimate of drug-likeness (QED) is 0.628. The van der Waals surface area contributed by atoms with Crippen molar-refractivity contribution in [2.45, 2.75) is 25.1 Å². The van der Waals surface area contributed by atoms with Gasteiger partial charge in [-0.05, 0) is 42.7 Å². The second-order valence-electron chi connectivity index (χ2n) is 7.51. The van der Waals surface area contributed by atoms with Gasteiger partial charge in [0.2, 0.25) is 0 Å². The molecule has 3 nitrogen and oxygen atoms in total. The Morgan fingerprint density at radius 2 is 2.11 bits per heavy atom. The third kappa shape index (κ3) is 3.17. The van der Waals surface area contributed by atoms with Gasteiger partial charge in [-0.25, -0.2) is 4.39 Å². The summed E-state index contributed by atoms with van der Waals surface area (Å²) >= 11 is 6.24. The Kier molecular flexibility index (Phi) is 4.53. The molecule has 1 N–H and O–H groups in total. The fraction of sp³-hybridized carbons (Fsp3) is 0.261. The molecule has 1 fully saturated rings. The van der Waals surface area contributed by atoms with Crippen molar-refractivity contribution in [3.8, 4) is 22.5 Å². The third-order valence-electron chi connectivity index (χ3n) is 5.72. The summed E-state index contributed by atoms with van der Waals surface area (Å²) < 4.78 is 13.9. The lowest BCUT2D eigenvalue weighted by Crippen LogP contribution is -2.32. The number of halogens is 2. The van der Waals surface area contributed by atoms with Gasteiger partial charge in [0.1, 0.15) is 6.17 Å². The van der Waals surface area contributed by atoms with Crippen molar-refractivity contribution in [2.24, 2.45) is 0 Å². The van der Waals surface area contributed by atoms with Crippen molar-refractivity contribution in [1.29, 1.82) is 0 Å². The first-order valence-electron chi connectivity index (χ1n) is 9.67. The van der Waals surface area contributed by atoms with E-state index < -0.39 is 6.17 Å². The highest BCUT2D eigenvalue weighted by Gasteiger charge is 2.34. The largest absolute Gasteiger partial charge is 0.360 e. The number of hydrogen-bond donors (Lipinski definition) is 1. The highest BCUT2D eigenvalue weighted by Crippen LogP contribution is 2.40. The summed E-state index contributed by atoms with van der Waals surface area (Å²) in [4.78, 5) is 10.3. The molecule has 5 heteroatoms. The average molecular weight is 394 g/mol. The maximum Gasteiger partial charge on any atom is 0.115 e. The lowest BCUT2D eigenvalue weighted by Gasteiger charge is -2.28. The van der Waals surface area contributed by atoms with Crippen LogP contribution < -0.4 is 0 Å². The number of hydrogen-bond acceptors (Lipinski definition) is 2. The molecular weight excluding hydrogens is 373 g/mol. The number of pyridine rings is 1. The van der Waals surface area contributed by atoms with E-state index in [9.17, 15) is 4.39 Å². The second kappa shape index (κ2) is 7.19. The molecule has 2 aromatic heterocycles. The SMILES string of the molecule is FC1CC2C=C(c3c[nH]c(-c4cccc(Cl)c4)c3-c3ccccn3)CCN2C1. The van der Waals surface area contributed by atoms with Gasteiger partial charge >= 0.3 is 0 Å². The molecule has 1 aromatic carbocycles. The van der Waals surface area contributed by atoms with Crippen LogP contribution in [0.3, 0.4) is 0 Å². The summed E-state index contributed by atoms with van der Waals surface area (Å²) in [5, 5.41) is 0.702. The van der Waals surface area contributed by atoms with Crippen molar-refractivity contribution in [1.82, 2.24) is 14.9 Å². The van der Waals surface area contributed by atoms with Crippen molar-refractivity contribution < 1.29 is 4.39 Å². The molecule has 2 aliphatic rings. The molecule has 0 radical (unpaired) electrons. The van der Waals surface area contributed by atoms with Crippen LogP contribution >= 0.6 is 11.6 Å². The number of fused-ring (bicyclic) bond motifs is 1. The van der Waals surface area contributed by atoms with E-state index in [1.54, 1.807) is 0 Å². The zero-order valence-corrected chi connectivity index (χ0v) is 16.2. The zero-order valence-electron chi connectivity index (χ0n) is 15.4. The number of nitrogens with one attached hydrogen (secondary N) is 1. The van der Waals surface area contributed by atoms with E-state index in [-0.39, 0.29) is 6.04 Å². The fourth-order valence-corrected chi connectivity index (χ4v) is 4.63. The van der Waals surface area contributed by atoms with Crippen LogP contribution in [0.1, 0.15) is 18.4 Å². The summed E-state index contributed by atoms with van der Waals surface area (Å²) in [7, 11) is 0. The molecule has 0 aliphatic carbocycles. The maximum atomic E-state index is 13.9. The Balaban J connectivity index is 1.64. The number of rotatable bonds is 3. The van der Waals surface area contributed by atoms with E-state index in [0.717, 1.165) is 41.0 Å². The molecule has 0 bridgehead atoms. The standard InChI is InChI=1S/C23H21ClFN3/c24-17-5-3-4-16(10-17)23-22(21-6-1-2-8-26-21)20(13-27-23)15-7-9-28-14-18(25)12-19(28)11-15/h1-6,8,10-11,13,18-19,27H,7,9,12,14H2. The van der Waals surface area contributed by atoms with Crippen LogP contribution in [0.4, 0.5) is 4.39 Å². The number of nitrogens with zero attached hydrogens (tertiary/aromatic N) is 2. The number of aromatic nitrogens is 2. The Morgan fingerprint density at radius 3 is 2.93 bits per heavy atom. The van der Waals surface area contributed by atoms with Crippen molar-refractivity contribution in [3.05, 3.63) is 71.5 Å².